The summed E-state index contributed by atoms with van der Waals surface area (Å²) >= 11 is 0. The Morgan fingerprint density at radius 3 is 2.75 bits per heavy atom. The number of hydrogen-bond donors (Lipinski definition) is 1. The van der Waals surface area contributed by atoms with Crippen molar-refractivity contribution < 1.29 is 0 Å². The summed E-state index contributed by atoms with van der Waals surface area (Å²) in [6.45, 7) is 1.93. The van der Waals surface area contributed by atoms with Crippen molar-refractivity contribution >= 4 is 16.6 Å². The fraction of sp³-hybridized carbons (Fsp3) is 0.0625. The van der Waals surface area contributed by atoms with Gasteiger partial charge in [-0.1, -0.05) is 18.2 Å². The standard InChI is InChI=1S/C16H12N4/c1-10-6-12(18)9-19-16(10)13-7-11-4-2-3-5-14(11)20-15(13)8-17/h2-7,9H,18H2,1H3. The largest absolute Gasteiger partial charge is 0.397 e. The van der Waals surface area contributed by atoms with Gasteiger partial charge in [0.15, 0.2) is 5.69 Å². The molecule has 0 spiro atoms. The van der Waals surface area contributed by atoms with Gasteiger partial charge in [0.05, 0.1) is 23.1 Å². The van der Waals surface area contributed by atoms with Crippen molar-refractivity contribution in [1.82, 2.24) is 9.97 Å². The molecule has 3 rings (SSSR count). The second-order valence-electron chi connectivity index (χ2n) is 4.62. The van der Waals surface area contributed by atoms with Crippen molar-refractivity contribution in [2.75, 3.05) is 5.73 Å². The second-order valence-corrected chi connectivity index (χ2v) is 4.62. The number of benzene rings is 1. The van der Waals surface area contributed by atoms with E-state index in [0.29, 0.717) is 11.4 Å². The Bertz CT molecular complexity index is 847. The summed E-state index contributed by atoms with van der Waals surface area (Å²) in [5.74, 6) is 0. The van der Waals surface area contributed by atoms with Gasteiger partial charge < -0.3 is 5.73 Å². The minimum atomic E-state index is 0.379. The maximum absolute atomic E-state index is 9.32. The van der Waals surface area contributed by atoms with Gasteiger partial charge in [0.1, 0.15) is 6.07 Å². The number of aromatic nitrogens is 2. The number of nitrogens with two attached hydrogens (primary N) is 1. The highest BCUT2D eigenvalue weighted by molar-refractivity contribution is 5.86. The highest BCUT2D eigenvalue weighted by atomic mass is 14.8. The summed E-state index contributed by atoms with van der Waals surface area (Å²) < 4.78 is 0. The van der Waals surface area contributed by atoms with E-state index in [4.69, 9.17) is 5.73 Å². The van der Waals surface area contributed by atoms with Gasteiger partial charge in [-0.3, -0.25) is 4.98 Å². The number of nitrogen functional groups attached to an aromatic ring is 1. The first kappa shape index (κ1) is 12.1. The quantitative estimate of drug-likeness (QED) is 0.729. The van der Waals surface area contributed by atoms with Gasteiger partial charge in [0, 0.05) is 10.9 Å². The smallest absolute Gasteiger partial charge is 0.150 e. The first-order valence-corrected chi connectivity index (χ1v) is 6.21. The van der Waals surface area contributed by atoms with Crippen LogP contribution >= 0.6 is 0 Å². The Morgan fingerprint density at radius 1 is 1.20 bits per heavy atom. The minimum Gasteiger partial charge on any atom is -0.397 e. The summed E-state index contributed by atoms with van der Waals surface area (Å²) in [7, 11) is 0. The average molecular weight is 260 g/mol. The first-order valence-electron chi connectivity index (χ1n) is 6.21. The molecule has 0 atom stereocenters. The zero-order valence-corrected chi connectivity index (χ0v) is 11.0. The SMILES string of the molecule is Cc1cc(N)cnc1-c1cc2ccccc2nc1C#N. The van der Waals surface area contributed by atoms with Gasteiger partial charge in [0.25, 0.3) is 0 Å². The fourth-order valence-electron chi connectivity index (χ4n) is 2.26. The fourth-order valence-corrected chi connectivity index (χ4v) is 2.26. The van der Waals surface area contributed by atoms with Crippen LogP contribution in [-0.4, -0.2) is 9.97 Å². The maximum Gasteiger partial charge on any atom is 0.150 e. The summed E-state index contributed by atoms with van der Waals surface area (Å²) in [6, 6.07) is 13.7. The number of nitriles is 1. The molecule has 2 N–H and O–H groups in total. The van der Waals surface area contributed by atoms with Crippen LogP contribution < -0.4 is 5.73 Å². The second kappa shape index (κ2) is 4.63. The number of nitrogens with zero attached hydrogens (tertiary/aromatic N) is 3. The lowest BCUT2D eigenvalue weighted by molar-refractivity contribution is 1.24. The molecule has 96 valence electrons. The lowest BCUT2D eigenvalue weighted by atomic mass is 10.0. The van der Waals surface area contributed by atoms with Gasteiger partial charge in [-0.25, -0.2) is 4.98 Å². The zero-order valence-electron chi connectivity index (χ0n) is 11.0. The monoisotopic (exact) mass is 260 g/mol. The topological polar surface area (TPSA) is 75.6 Å². The molecular formula is C16H12N4. The number of hydrogen-bond acceptors (Lipinski definition) is 4. The van der Waals surface area contributed by atoms with Crippen LogP contribution in [0.25, 0.3) is 22.2 Å². The molecule has 0 fully saturated rings. The van der Waals surface area contributed by atoms with Crippen LogP contribution in [0.2, 0.25) is 0 Å². The lowest BCUT2D eigenvalue weighted by Crippen LogP contribution is -1.97. The summed E-state index contributed by atoms with van der Waals surface area (Å²) in [4.78, 5) is 8.75. The van der Waals surface area contributed by atoms with E-state index in [-0.39, 0.29) is 0 Å². The van der Waals surface area contributed by atoms with E-state index in [9.17, 15) is 5.26 Å². The number of rotatable bonds is 1. The average Bonchev–Trinajstić information content (AvgIpc) is 2.46. The van der Waals surface area contributed by atoms with E-state index in [1.165, 1.54) is 0 Å². The highest BCUT2D eigenvalue weighted by Gasteiger charge is 2.12. The van der Waals surface area contributed by atoms with Gasteiger partial charge >= 0.3 is 0 Å². The van der Waals surface area contributed by atoms with Crippen molar-refractivity contribution in [3.05, 3.63) is 53.9 Å². The van der Waals surface area contributed by atoms with E-state index in [2.05, 4.69) is 16.0 Å². The van der Waals surface area contributed by atoms with Gasteiger partial charge in [-0.05, 0) is 30.7 Å². The summed E-state index contributed by atoms with van der Waals surface area (Å²) in [5.41, 5.74) is 9.93. The van der Waals surface area contributed by atoms with Crippen LogP contribution in [0.1, 0.15) is 11.3 Å². The van der Waals surface area contributed by atoms with Crippen LogP contribution in [0.4, 0.5) is 5.69 Å². The molecule has 0 aliphatic carbocycles. The number of anilines is 1. The normalized spacial score (nSPS) is 10.4. The number of pyridine rings is 2. The van der Waals surface area contributed by atoms with Crippen LogP contribution in [0, 0.1) is 18.3 Å². The van der Waals surface area contributed by atoms with Crippen molar-refractivity contribution in [1.29, 1.82) is 5.26 Å². The predicted molar refractivity (Wildman–Crippen MR) is 78.8 cm³/mol. The number of para-hydroxylation sites is 1. The van der Waals surface area contributed by atoms with Crippen molar-refractivity contribution in [3.8, 4) is 17.3 Å². The van der Waals surface area contributed by atoms with E-state index in [1.54, 1.807) is 6.20 Å². The molecule has 0 saturated carbocycles. The van der Waals surface area contributed by atoms with Crippen molar-refractivity contribution in [2.45, 2.75) is 6.92 Å². The zero-order chi connectivity index (χ0) is 14.1. The third-order valence-corrected chi connectivity index (χ3v) is 3.18. The van der Waals surface area contributed by atoms with Gasteiger partial charge in [-0.2, -0.15) is 5.26 Å². The number of fused-ring (bicyclic) bond motifs is 1. The number of aryl methyl sites for hydroxylation is 1. The molecule has 3 aromatic rings. The maximum atomic E-state index is 9.32. The Morgan fingerprint density at radius 2 is 2.00 bits per heavy atom. The molecule has 0 aliphatic rings. The first-order chi connectivity index (χ1) is 9.69. The Kier molecular flexibility index (Phi) is 2.81. The van der Waals surface area contributed by atoms with Gasteiger partial charge in [0.2, 0.25) is 0 Å². The highest BCUT2D eigenvalue weighted by Crippen LogP contribution is 2.27. The van der Waals surface area contributed by atoms with E-state index in [1.807, 2.05) is 43.3 Å². The molecule has 0 radical (unpaired) electrons. The van der Waals surface area contributed by atoms with Crippen LogP contribution in [0.5, 0.6) is 0 Å². The molecule has 0 aliphatic heterocycles. The predicted octanol–water partition coefficient (Wildman–Crippen LogP) is 3.06. The van der Waals surface area contributed by atoms with E-state index >= 15 is 0 Å². The van der Waals surface area contributed by atoms with E-state index < -0.39 is 0 Å². The minimum absolute atomic E-state index is 0.379. The summed E-state index contributed by atoms with van der Waals surface area (Å²) in [6.07, 6.45) is 1.60. The Labute approximate surface area is 116 Å². The molecule has 4 heteroatoms. The van der Waals surface area contributed by atoms with Crippen molar-refractivity contribution in [3.63, 3.8) is 0 Å². The lowest BCUT2D eigenvalue weighted by Gasteiger charge is -2.08. The molecule has 0 unspecified atom stereocenters. The van der Waals surface area contributed by atoms with Crippen LogP contribution in [-0.2, 0) is 0 Å². The third kappa shape index (κ3) is 1.95. The van der Waals surface area contributed by atoms with Crippen LogP contribution in [0.15, 0.2) is 42.6 Å². The Balaban J connectivity index is 2.32. The molecule has 0 amide bonds. The molecule has 0 saturated heterocycles. The van der Waals surface area contributed by atoms with Crippen LogP contribution in [0.3, 0.4) is 0 Å². The van der Waals surface area contributed by atoms with Gasteiger partial charge in [-0.15, -0.1) is 0 Å². The molecule has 0 bridgehead atoms. The van der Waals surface area contributed by atoms with Crippen molar-refractivity contribution in [2.24, 2.45) is 0 Å². The molecule has 4 nitrogen and oxygen atoms in total. The van der Waals surface area contributed by atoms with E-state index in [0.717, 1.165) is 27.7 Å². The molecule has 1 aromatic carbocycles. The molecule has 2 aromatic heterocycles. The third-order valence-electron chi connectivity index (χ3n) is 3.18. The molecule has 2 heterocycles. The molecule has 20 heavy (non-hydrogen) atoms. The summed E-state index contributed by atoms with van der Waals surface area (Å²) in [5, 5.41) is 10.3. The Hall–Kier alpha value is -2.93. The molecular weight excluding hydrogens is 248 g/mol.